The van der Waals surface area contributed by atoms with Gasteiger partial charge in [-0.1, -0.05) is 6.07 Å². The van der Waals surface area contributed by atoms with Gasteiger partial charge in [0.25, 0.3) is 0 Å². The molecule has 0 bridgehead atoms. The molecule has 0 amide bonds. The average Bonchev–Trinajstić information content (AvgIpc) is 2.27. The maximum atomic E-state index is 11.6. The molecule has 0 fully saturated rings. The van der Waals surface area contributed by atoms with Crippen molar-refractivity contribution in [3.63, 3.8) is 0 Å². The van der Waals surface area contributed by atoms with Crippen LogP contribution in [0.1, 0.15) is 25.5 Å². The largest absolute Gasteiger partial charge is 0.508 e. The second kappa shape index (κ2) is 4.63. The summed E-state index contributed by atoms with van der Waals surface area (Å²) in [5, 5.41) is 18.9. The fourth-order valence-corrected chi connectivity index (χ4v) is 1.57. The number of rotatable bonds is 3. The van der Waals surface area contributed by atoms with Gasteiger partial charge in [-0.15, -0.1) is 0 Å². The van der Waals surface area contributed by atoms with Crippen LogP contribution in [0.4, 0.5) is 0 Å². The predicted molar refractivity (Wildman–Crippen MR) is 62.5 cm³/mol. The number of ether oxygens (including phenoxy) is 1. The van der Waals surface area contributed by atoms with Crippen LogP contribution in [0, 0.1) is 5.41 Å². The lowest BCUT2D eigenvalue weighted by atomic mass is 9.80. The highest BCUT2D eigenvalue weighted by molar-refractivity contribution is 5.77. The highest BCUT2D eigenvalue weighted by atomic mass is 16.5. The first-order valence-corrected chi connectivity index (χ1v) is 5.16. The minimum Gasteiger partial charge on any atom is -0.508 e. The topological polar surface area (TPSA) is 92.8 Å². The van der Waals surface area contributed by atoms with E-state index >= 15 is 0 Å². The van der Waals surface area contributed by atoms with Crippen molar-refractivity contribution < 1.29 is 19.7 Å². The molecule has 1 atom stereocenters. The van der Waals surface area contributed by atoms with Crippen molar-refractivity contribution >= 4 is 5.97 Å². The van der Waals surface area contributed by atoms with Gasteiger partial charge in [-0.25, -0.2) is 0 Å². The van der Waals surface area contributed by atoms with Crippen LogP contribution in [0.2, 0.25) is 0 Å². The van der Waals surface area contributed by atoms with Crippen molar-refractivity contribution in [2.45, 2.75) is 19.9 Å². The average molecular weight is 239 g/mol. The zero-order valence-electron chi connectivity index (χ0n) is 10.1. The summed E-state index contributed by atoms with van der Waals surface area (Å²) in [6.45, 7) is 3.27. The van der Waals surface area contributed by atoms with E-state index in [2.05, 4.69) is 4.74 Å². The van der Waals surface area contributed by atoms with Gasteiger partial charge in [0.05, 0.1) is 12.5 Å². The first-order chi connectivity index (χ1) is 7.80. The molecule has 0 radical (unpaired) electrons. The molecule has 0 aliphatic heterocycles. The molecule has 0 aromatic heterocycles. The standard InChI is InChI=1S/C12H17NO4/c1-12(2,11(16)17-3)10(13)8-5-4-7(14)6-9(8)15/h4-6,10,14-15H,13H2,1-3H3/t10-/m0/s1. The van der Waals surface area contributed by atoms with Crippen LogP contribution in [-0.4, -0.2) is 23.3 Å². The number of aromatic hydroxyl groups is 2. The highest BCUT2D eigenvalue weighted by Crippen LogP contribution is 2.37. The monoisotopic (exact) mass is 239 g/mol. The van der Waals surface area contributed by atoms with Gasteiger partial charge in [-0.3, -0.25) is 4.79 Å². The van der Waals surface area contributed by atoms with Gasteiger partial charge in [0.2, 0.25) is 0 Å². The fourth-order valence-electron chi connectivity index (χ4n) is 1.57. The molecule has 0 spiro atoms. The molecule has 1 rings (SSSR count). The van der Waals surface area contributed by atoms with Gasteiger partial charge in [-0.2, -0.15) is 0 Å². The van der Waals surface area contributed by atoms with E-state index in [0.717, 1.165) is 0 Å². The van der Waals surface area contributed by atoms with E-state index in [9.17, 15) is 15.0 Å². The van der Waals surface area contributed by atoms with Crippen LogP contribution in [0.3, 0.4) is 0 Å². The van der Waals surface area contributed by atoms with Gasteiger partial charge >= 0.3 is 5.97 Å². The molecular formula is C12H17NO4. The molecule has 0 saturated heterocycles. The molecule has 1 aromatic rings. The second-order valence-electron chi connectivity index (χ2n) is 4.43. The summed E-state index contributed by atoms with van der Waals surface area (Å²) in [4.78, 5) is 11.6. The van der Waals surface area contributed by atoms with Crippen LogP contribution in [0.5, 0.6) is 11.5 Å². The summed E-state index contributed by atoms with van der Waals surface area (Å²) in [5.41, 5.74) is 5.38. The van der Waals surface area contributed by atoms with Crippen molar-refractivity contribution in [2.75, 3.05) is 7.11 Å². The Morgan fingerprint density at radius 2 is 2.00 bits per heavy atom. The number of hydrogen-bond acceptors (Lipinski definition) is 5. The van der Waals surface area contributed by atoms with E-state index < -0.39 is 17.4 Å². The number of esters is 1. The smallest absolute Gasteiger partial charge is 0.313 e. The highest BCUT2D eigenvalue weighted by Gasteiger charge is 2.37. The van der Waals surface area contributed by atoms with Crippen molar-refractivity contribution in [1.82, 2.24) is 0 Å². The van der Waals surface area contributed by atoms with Crippen molar-refractivity contribution in [1.29, 1.82) is 0 Å². The summed E-state index contributed by atoms with van der Waals surface area (Å²) in [6.07, 6.45) is 0. The van der Waals surface area contributed by atoms with Crippen molar-refractivity contribution in [2.24, 2.45) is 11.1 Å². The SMILES string of the molecule is COC(=O)C(C)(C)[C@@H](N)c1ccc(O)cc1O. The van der Waals surface area contributed by atoms with Crippen LogP contribution in [-0.2, 0) is 9.53 Å². The Bertz CT molecular complexity index is 429. The van der Waals surface area contributed by atoms with Gasteiger partial charge in [0, 0.05) is 17.7 Å². The number of methoxy groups -OCH3 is 1. The summed E-state index contributed by atoms with van der Waals surface area (Å²) < 4.78 is 4.67. The molecule has 5 heteroatoms. The van der Waals surface area contributed by atoms with Gasteiger partial charge < -0.3 is 20.7 Å². The first-order valence-electron chi connectivity index (χ1n) is 5.16. The van der Waals surface area contributed by atoms with Crippen LogP contribution < -0.4 is 5.73 Å². The normalized spacial score (nSPS) is 13.2. The molecule has 0 saturated carbocycles. The third kappa shape index (κ3) is 2.50. The Kier molecular flexibility index (Phi) is 3.63. The Hall–Kier alpha value is -1.75. The van der Waals surface area contributed by atoms with E-state index in [-0.39, 0.29) is 11.5 Å². The number of benzene rings is 1. The zero-order chi connectivity index (χ0) is 13.2. The fraction of sp³-hybridized carbons (Fsp3) is 0.417. The molecular weight excluding hydrogens is 222 g/mol. The predicted octanol–water partition coefficient (Wildman–Crippen LogP) is 1.30. The number of nitrogens with two attached hydrogens (primary N) is 1. The molecule has 5 nitrogen and oxygen atoms in total. The van der Waals surface area contributed by atoms with E-state index in [4.69, 9.17) is 5.73 Å². The van der Waals surface area contributed by atoms with Crippen LogP contribution in [0.25, 0.3) is 0 Å². The molecule has 4 N–H and O–H groups in total. The third-order valence-corrected chi connectivity index (χ3v) is 2.84. The number of carbonyl (C=O) groups excluding carboxylic acids is 1. The van der Waals surface area contributed by atoms with E-state index in [0.29, 0.717) is 5.56 Å². The summed E-state index contributed by atoms with van der Waals surface area (Å²) in [6, 6.07) is 3.35. The molecule has 0 aliphatic carbocycles. The minimum atomic E-state index is -0.969. The number of carbonyl (C=O) groups is 1. The number of hydrogen-bond donors (Lipinski definition) is 3. The molecule has 0 heterocycles. The lowest BCUT2D eigenvalue weighted by Gasteiger charge is -2.29. The summed E-state index contributed by atoms with van der Waals surface area (Å²) in [7, 11) is 1.29. The molecule has 0 aliphatic rings. The summed E-state index contributed by atoms with van der Waals surface area (Å²) >= 11 is 0. The number of phenolic OH excluding ortho intramolecular Hbond substituents is 2. The third-order valence-electron chi connectivity index (χ3n) is 2.84. The lowest BCUT2D eigenvalue weighted by molar-refractivity contribution is -0.152. The Morgan fingerprint density at radius 3 is 2.47 bits per heavy atom. The first kappa shape index (κ1) is 13.3. The van der Waals surface area contributed by atoms with Gasteiger partial charge in [0.15, 0.2) is 0 Å². The number of phenols is 2. The maximum Gasteiger partial charge on any atom is 0.313 e. The molecule has 17 heavy (non-hydrogen) atoms. The molecule has 1 aromatic carbocycles. The molecule has 0 unspecified atom stereocenters. The maximum absolute atomic E-state index is 11.6. The summed E-state index contributed by atoms with van der Waals surface area (Å²) in [5.74, 6) is -0.665. The van der Waals surface area contributed by atoms with Crippen LogP contribution >= 0.6 is 0 Å². The van der Waals surface area contributed by atoms with Gasteiger partial charge in [-0.05, 0) is 19.9 Å². The van der Waals surface area contributed by atoms with E-state index in [1.54, 1.807) is 13.8 Å². The van der Waals surface area contributed by atoms with Crippen molar-refractivity contribution in [3.05, 3.63) is 23.8 Å². The minimum absolute atomic E-state index is 0.0608. The zero-order valence-corrected chi connectivity index (χ0v) is 10.1. The Morgan fingerprint density at radius 1 is 1.41 bits per heavy atom. The van der Waals surface area contributed by atoms with Crippen LogP contribution in [0.15, 0.2) is 18.2 Å². The Labute approximate surface area is 99.8 Å². The Balaban J connectivity index is 3.11. The quantitative estimate of drug-likeness (QED) is 0.691. The van der Waals surface area contributed by atoms with E-state index in [1.165, 1.54) is 25.3 Å². The van der Waals surface area contributed by atoms with Gasteiger partial charge in [0.1, 0.15) is 11.5 Å². The second-order valence-corrected chi connectivity index (χ2v) is 4.43. The van der Waals surface area contributed by atoms with E-state index in [1.807, 2.05) is 0 Å². The lowest BCUT2D eigenvalue weighted by Crippen LogP contribution is -2.37. The molecule has 94 valence electrons. The van der Waals surface area contributed by atoms with Crippen molar-refractivity contribution in [3.8, 4) is 11.5 Å².